The average molecular weight is 220 g/mol. The van der Waals surface area contributed by atoms with Crippen LogP contribution in [0.4, 0.5) is 5.69 Å². The Kier molecular flexibility index (Phi) is 3.23. The lowest BCUT2D eigenvalue weighted by atomic mass is 9.98. The van der Waals surface area contributed by atoms with Gasteiger partial charge < -0.3 is 5.73 Å². The van der Waals surface area contributed by atoms with Crippen molar-refractivity contribution in [2.75, 3.05) is 5.73 Å². The Morgan fingerprint density at radius 1 is 0.941 bits per heavy atom. The number of benzene rings is 2. The monoisotopic (exact) mass is 220 g/mol. The lowest BCUT2D eigenvalue weighted by molar-refractivity contribution is 1.51. The molecule has 0 saturated heterocycles. The van der Waals surface area contributed by atoms with E-state index in [2.05, 4.69) is 6.07 Å². The van der Waals surface area contributed by atoms with Crippen molar-refractivity contribution in [2.45, 2.75) is 0 Å². The predicted octanol–water partition coefficient (Wildman–Crippen LogP) is 3.22. The van der Waals surface area contributed by atoms with Crippen LogP contribution in [0, 0.1) is 11.3 Å². The van der Waals surface area contributed by atoms with Crippen molar-refractivity contribution in [2.24, 2.45) is 0 Å². The highest BCUT2D eigenvalue weighted by molar-refractivity contribution is 5.81. The van der Waals surface area contributed by atoms with E-state index in [-0.39, 0.29) is 0 Å². The molecule has 0 amide bonds. The summed E-state index contributed by atoms with van der Waals surface area (Å²) in [5.41, 5.74) is 9.30. The number of hydrogen-bond donors (Lipinski definition) is 1. The van der Waals surface area contributed by atoms with Gasteiger partial charge in [-0.2, -0.15) is 5.26 Å². The summed E-state index contributed by atoms with van der Waals surface area (Å²) in [4.78, 5) is 0. The van der Waals surface area contributed by atoms with Gasteiger partial charge in [-0.15, -0.1) is 0 Å². The summed E-state index contributed by atoms with van der Waals surface area (Å²) in [6.07, 6.45) is 1.56. The third-order valence-electron chi connectivity index (χ3n) is 2.52. The fourth-order valence-corrected chi connectivity index (χ4v) is 1.68. The first-order chi connectivity index (χ1) is 8.31. The molecule has 0 spiro atoms. The van der Waals surface area contributed by atoms with E-state index in [0.29, 0.717) is 0 Å². The molecular formula is C15H12N2. The molecule has 0 bridgehead atoms. The van der Waals surface area contributed by atoms with Gasteiger partial charge in [0.15, 0.2) is 0 Å². The number of nitrogens with two attached hydrogens (primary N) is 1. The van der Waals surface area contributed by atoms with Crippen LogP contribution in [0.5, 0.6) is 0 Å². The minimum atomic E-state index is 0.720. The zero-order valence-corrected chi connectivity index (χ0v) is 9.30. The molecule has 0 fully saturated rings. The van der Waals surface area contributed by atoms with Gasteiger partial charge in [-0.25, -0.2) is 0 Å². The molecule has 2 heteroatoms. The molecule has 0 saturated carbocycles. The van der Waals surface area contributed by atoms with E-state index >= 15 is 0 Å². The van der Waals surface area contributed by atoms with Crippen LogP contribution >= 0.6 is 0 Å². The molecule has 0 aliphatic heterocycles. The topological polar surface area (TPSA) is 49.8 Å². The molecule has 0 aromatic heterocycles. The van der Waals surface area contributed by atoms with Crippen LogP contribution in [0.3, 0.4) is 0 Å². The van der Waals surface area contributed by atoms with Crippen LogP contribution in [0.25, 0.3) is 5.57 Å². The van der Waals surface area contributed by atoms with Crippen LogP contribution in [0.1, 0.15) is 11.1 Å². The molecule has 2 nitrogen and oxygen atoms in total. The third kappa shape index (κ3) is 2.53. The summed E-state index contributed by atoms with van der Waals surface area (Å²) in [6.45, 7) is 0. The maximum Gasteiger partial charge on any atom is 0.0918 e. The van der Waals surface area contributed by atoms with Crippen LogP contribution in [-0.4, -0.2) is 0 Å². The quantitative estimate of drug-likeness (QED) is 0.624. The van der Waals surface area contributed by atoms with Crippen LogP contribution in [0.2, 0.25) is 0 Å². The number of hydrogen-bond acceptors (Lipinski definition) is 2. The molecule has 0 aliphatic carbocycles. The molecule has 0 atom stereocenters. The number of anilines is 1. The van der Waals surface area contributed by atoms with Crippen molar-refractivity contribution in [3.63, 3.8) is 0 Å². The molecule has 2 N–H and O–H groups in total. The lowest BCUT2D eigenvalue weighted by Crippen LogP contribution is -1.89. The second-order valence-corrected chi connectivity index (χ2v) is 3.68. The molecule has 0 unspecified atom stereocenters. The van der Waals surface area contributed by atoms with Gasteiger partial charge in [0.2, 0.25) is 0 Å². The molecule has 82 valence electrons. The molecule has 2 aromatic rings. The van der Waals surface area contributed by atoms with Gasteiger partial charge in [0.1, 0.15) is 0 Å². The molecular weight excluding hydrogens is 208 g/mol. The maximum atomic E-state index is 8.86. The van der Waals surface area contributed by atoms with Crippen molar-refractivity contribution in [3.8, 4) is 6.07 Å². The molecule has 0 radical (unpaired) electrons. The highest BCUT2D eigenvalue weighted by atomic mass is 14.5. The van der Waals surface area contributed by atoms with E-state index in [9.17, 15) is 0 Å². The standard InChI is InChI=1S/C15H12N2/c16-11-10-15(12-4-2-1-3-5-12)13-6-8-14(17)9-7-13/h1-10H,17H2/b15-10+. The molecule has 0 heterocycles. The Bertz CT molecular complexity index is 560. The van der Waals surface area contributed by atoms with E-state index in [0.717, 1.165) is 22.4 Å². The van der Waals surface area contributed by atoms with Gasteiger partial charge >= 0.3 is 0 Å². The van der Waals surface area contributed by atoms with E-state index < -0.39 is 0 Å². The smallest absolute Gasteiger partial charge is 0.0918 e. The summed E-state index contributed by atoms with van der Waals surface area (Å²) in [5, 5.41) is 8.86. The Morgan fingerprint density at radius 3 is 2.12 bits per heavy atom. The number of nitrogen functional groups attached to an aromatic ring is 1. The molecule has 17 heavy (non-hydrogen) atoms. The second-order valence-electron chi connectivity index (χ2n) is 3.68. The Hall–Kier alpha value is -2.53. The number of allylic oxidation sites excluding steroid dienone is 1. The van der Waals surface area contributed by atoms with E-state index in [4.69, 9.17) is 11.0 Å². The van der Waals surface area contributed by atoms with Crippen LogP contribution in [0.15, 0.2) is 60.7 Å². The predicted molar refractivity (Wildman–Crippen MR) is 70.0 cm³/mol. The van der Waals surface area contributed by atoms with Gasteiger partial charge in [-0.05, 0) is 28.8 Å². The van der Waals surface area contributed by atoms with Crippen molar-refractivity contribution in [1.29, 1.82) is 5.26 Å². The van der Waals surface area contributed by atoms with Gasteiger partial charge in [0.25, 0.3) is 0 Å². The Labute approximate surface area is 101 Å². The zero-order chi connectivity index (χ0) is 12.1. The van der Waals surface area contributed by atoms with Gasteiger partial charge in [-0.1, -0.05) is 42.5 Å². The average Bonchev–Trinajstić information content (AvgIpc) is 2.38. The first-order valence-electron chi connectivity index (χ1n) is 5.32. The summed E-state index contributed by atoms with van der Waals surface area (Å²) in [5.74, 6) is 0. The highest BCUT2D eigenvalue weighted by Crippen LogP contribution is 2.23. The maximum absolute atomic E-state index is 8.86. The van der Waals surface area contributed by atoms with Gasteiger partial charge in [0, 0.05) is 11.8 Å². The van der Waals surface area contributed by atoms with Gasteiger partial charge in [-0.3, -0.25) is 0 Å². The molecule has 0 aliphatic rings. The summed E-state index contributed by atoms with van der Waals surface area (Å²) >= 11 is 0. The van der Waals surface area contributed by atoms with Crippen LogP contribution < -0.4 is 5.73 Å². The number of nitrogens with zero attached hydrogens (tertiary/aromatic N) is 1. The minimum absolute atomic E-state index is 0.720. The van der Waals surface area contributed by atoms with E-state index in [1.54, 1.807) is 6.08 Å². The normalized spacial score (nSPS) is 10.9. The van der Waals surface area contributed by atoms with Crippen molar-refractivity contribution in [3.05, 3.63) is 71.8 Å². The van der Waals surface area contributed by atoms with Crippen molar-refractivity contribution in [1.82, 2.24) is 0 Å². The van der Waals surface area contributed by atoms with E-state index in [1.165, 1.54) is 0 Å². The minimum Gasteiger partial charge on any atom is -0.399 e. The molecule has 2 rings (SSSR count). The first-order valence-corrected chi connectivity index (χ1v) is 5.32. The largest absolute Gasteiger partial charge is 0.399 e. The fourth-order valence-electron chi connectivity index (χ4n) is 1.68. The fraction of sp³-hybridized carbons (Fsp3) is 0. The van der Waals surface area contributed by atoms with Crippen molar-refractivity contribution >= 4 is 11.3 Å². The second kappa shape index (κ2) is 5.00. The number of nitriles is 1. The summed E-state index contributed by atoms with van der Waals surface area (Å²) < 4.78 is 0. The molecule has 2 aromatic carbocycles. The van der Waals surface area contributed by atoms with Crippen LogP contribution in [-0.2, 0) is 0 Å². The van der Waals surface area contributed by atoms with E-state index in [1.807, 2.05) is 54.6 Å². The van der Waals surface area contributed by atoms with Gasteiger partial charge in [0.05, 0.1) is 6.07 Å². The summed E-state index contributed by atoms with van der Waals surface area (Å²) in [6, 6.07) is 19.4. The Morgan fingerprint density at radius 2 is 1.53 bits per heavy atom. The summed E-state index contributed by atoms with van der Waals surface area (Å²) in [7, 11) is 0. The highest BCUT2D eigenvalue weighted by Gasteiger charge is 2.03. The third-order valence-corrected chi connectivity index (χ3v) is 2.52. The SMILES string of the molecule is N#C/C=C(\c1ccccc1)c1ccc(N)cc1. The van der Waals surface area contributed by atoms with Crippen molar-refractivity contribution < 1.29 is 0 Å². The zero-order valence-electron chi connectivity index (χ0n) is 9.30. The first kappa shape index (κ1) is 11.0. The number of rotatable bonds is 2. The Balaban J connectivity index is 2.48. The lowest BCUT2D eigenvalue weighted by Gasteiger charge is -2.07.